The van der Waals surface area contributed by atoms with E-state index in [-0.39, 0.29) is 5.91 Å². The lowest BCUT2D eigenvalue weighted by molar-refractivity contribution is -0.122. The highest BCUT2D eigenvalue weighted by atomic mass is 16.5. The van der Waals surface area contributed by atoms with E-state index in [4.69, 9.17) is 10.3 Å². The van der Waals surface area contributed by atoms with Crippen molar-refractivity contribution in [3.8, 4) is 0 Å². The lowest BCUT2D eigenvalue weighted by atomic mass is 10.2. The number of hydrogen-bond donors (Lipinski definition) is 2. The van der Waals surface area contributed by atoms with Crippen LogP contribution in [0, 0.1) is 6.92 Å². The van der Waals surface area contributed by atoms with Gasteiger partial charge in [-0.1, -0.05) is 18.5 Å². The normalized spacial score (nSPS) is 12.5. The zero-order valence-corrected chi connectivity index (χ0v) is 9.12. The van der Waals surface area contributed by atoms with E-state index in [0.717, 1.165) is 12.2 Å². The van der Waals surface area contributed by atoms with Gasteiger partial charge in [-0.15, -0.1) is 0 Å². The van der Waals surface area contributed by atoms with Gasteiger partial charge in [-0.3, -0.25) is 4.79 Å². The zero-order valence-electron chi connectivity index (χ0n) is 9.12. The van der Waals surface area contributed by atoms with E-state index in [1.54, 1.807) is 13.0 Å². The van der Waals surface area contributed by atoms with E-state index in [1.807, 2.05) is 6.92 Å². The van der Waals surface area contributed by atoms with E-state index in [1.165, 1.54) is 0 Å². The standard InChI is InChI=1S/C10H17N3O2/c1-3-4-9(11)10(14)12-6-8-5-7(2)15-13-8/h5,9H,3-4,6,11H2,1-2H3,(H,12,14). The molecule has 0 aliphatic rings. The number of rotatable bonds is 5. The predicted molar refractivity (Wildman–Crippen MR) is 56.0 cm³/mol. The summed E-state index contributed by atoms with van der Waals surface area (Å²) in [6.07, 6.45) is 1.60. The fourth-order valence-electron chi connectivity index (χ4n) is 1.25. The van der Waals surface area contributed by atoms with Crippen LogP contribution in [-0.2, 0) is 11.3 Å². The highest BCUT2D eigenvalue weighted by Gasteiger charge is 2.12. The van der Waals surface area contributed by atoms with Gasteiger partial charge in [0.05, 0.1) is 12.6 Å². The maximum Gasteiger partial charge on any atom is 0.237 e. The van der Waals surface area contributed by atoms with E-state index in [9.17, 15) is 4.79 Å². The van der Waals surface area contributed by atoms with Gasteiger partial charge in [-0.25, -0.2) is 0 Å². The number of amides is 1. The van der Waals surface area contributed by atoms with Gasteiger partial charge in [-0.2, -0.15) is 0 Å². The molecule has 0 aliphatic carbocycles. The largest absolute Gasteiger partial charge is 0.361 e. The number of aryl methyl sites for hydroxylation is 1. The van der Waals surface area contributed by atoms with Gasteiger partial charge in [0.25, 0.3) is 0 Å². The average molecular weight is 211 g/mol. The Hall–Kier alpha value is -1.36. The number of nitrogens with two attached hydrogens (primary N) is 1. The minimum Gasteiger partial charge on any atom is -0.361 e. The van der Waals surface area contributed by atoms with Crippen LogP contribution in [0.25, 0.3) is 0 Å². The summed E-state index contributed by atoms with van der Waals surface area (Å²) in [4.78, 5) is 11.4. The van der Waals surface area contributed by atoms with Crippen LogP contribution in [0.3, 0.4) is 0 Å². The first-order chi connectivity index (χ1) is 7.13. The van der Waals surface area contributed by atoms with Gasteiger partial charge < -0.3 is 15.6 Å². The van der Waals surface area contributed by atoms with Crippen molar-refractivity contribution >= 4 is 5.91 Å². The van der Waals surface area contributed by atoms with Crippen LogP contribution in [0.5, 0.6) is 0 Å². The second-order valence-electron chi connectivity index (χ2n) is 3.54. The second kappa shape index (κ2) is 5.50. The molecule has 0 aliphatic heterocycles. The monoisotopic (exact) mass is 211 g/mol. The summed E-state index contributed by atoms with van der Waals surface area (Å²) < 4.78 is 4.87. The molecule has 3 N–H and O–H groups in total. The Morgan fingerprint density at radius 3 is 3.00 bits per heavy atom. The van der Waals surface area contributed by atoms with E-state index >= 15 is 0 Å². The number of nitrogens with zero attached hydrogens (tertiary/aromatic N) is 1. The molecule has 5 heteroatoms. The summed E-state index contributed by atoms with van der Waals surface area (Å²) >= 11 is 0. The molecule has 0 aromatic carbocycles. The minimum absolute atomic E-state index is 0.141. The lowest BCUT2D eigenvalue weighted by Gasteiger charge is -2.09. The topological polar surface area (TPSA) is 81.2 Å². The molecule has 0 bridgehead atoms. The van der Waals surface area contributed by atoms with Gasteiger partial charge in [0.1, 0.15) is 11.5 Å². The molecule has 0 radical (unpaired) electrons. The van der Waals surface area contributed by atoms with Crippen molar-refractivity contribution in [3.63, 3.8) is 0 Å². The average Bonchev–Trinajstić information content (AvgIpc) is 2.61. The molecule has 1 rings (SSSR count). The quantitative estimate of drug-likeness (QED) is 0.752. The second-order valence-corrected chi connectivity index (χ2v) is 3.54. The van der Waals surface area contributed by atoms with Crippen LogP contribution in [0.1, 0.15) is 31.2 Å². The SMILES string of the molecule is CCCC(N)C(=O)NCc1cc(C)on1. The molecule has 1 heterocycles. The minimum atomic E-state index is -0.428. The Labute approximate surface area is 89.0 Å². The molecule has 15 heavy (non-hydrogen) atoms. The highest BCUT2D eigenvalue weighted by Crippen LogP contribution is 2.01. The Balaban J connectivity index is 2.34. The van der Waals surface area contributed by atoms with Crippen molar-refractivity contribution in [1.29, 1.82) is 0 Å². The van der Waals surface area contributed by atoms with Crippen molar-refractivity contribution in [2.45, 2.75) is 39.3 Å². The summed E-state index contributed by atoms with van der Waals surface area (Å²) in [5.41, 5.74) is 6.35. The number of hydrogen-bond acceptors (Lipinski definition) is 4. The van der Waals surface area contributed by atoms with Crippen LogP contribution in [0.2, 0.25) is 0 Å². The number of carbonyl (C=O) groups is 1. The van der Waals surface area contributed by atoms with E-state index in [0.29, 0.717) is 18.7 Å². The molecule has 0 saturated carbocycles. The third-order valence-electron chi connectivity index (χ3n) is 2.06. The number of nitrogens with one attached hydrogen (secondary N) is 1. The smallest absolute Gasteiger partial charge is 0.237 e. The Bertz CT molecular complexity index is 322. The number of aromatic nitrogens is 1. The Kier molecular flexibility index (Phi) is 4.30. The van der Waals surface area contributed by atoms with Crippen LogP contribution < -0.4 is 11.1 Å². The summed E-state index contributed by atoms with van der Waals surface area (Å²) in [5, 5.41) is 6.47. The third-order valence-corrected chi connectivity index (χ3v) is 2.06. The summed E-state index contributed by atoms with van der Waals surface area (Å²) in [7, 11) is 0. The van der Waals surface area contributed by atoms with Crippen LogP contribution in [0.15, 0.2) is 10.6 Å². The first kappa shape index (κ1) is 11.7. The summed E-state index contributed by atoms with van der Waals surface area (Å²) in [6, 6.07) is 1.36. The van der Waals surface area contributed by atoms with Gasteiger partial charge in [0.15, 0.2) is 0 Å². The molecule has 0 fully saturated rings. The van der Waals surface area contributed by atoms with Crippen LogP contribution in [0.4, 0.5) is 0 Å². The van der Waals surface area contributed by atoms with Gasteiger partial charge in [-0.05, 0) is 13.3 Å². The molecule has 0 spiro atoms. The fourth-order valence-corrected chi connectivity index (χ4v) is 1.25. The maximum absolute atomic E-state index is 11.4. The Morgan fingerprint density at radius 2 is 2.47 bits per heavy atom. The van der Waals surface area contributed by atoms with Crippen molar-refractivity contribution < 1.29 is 9.32 Å². The van der Waals surface area contributed by atoms with Crippen molar-refractivity contribution in [2.75, 3.05) is 0 Å². The van der Waals surface area contributed by atoms with Gasteiger partial charge in [0.2, 0.25) is 5.91 Å². The molecular weight excluding hydrogens is 194 g/mol. The van der Waals surface area contributed by atoms with Crippen molar-refractivity contribution in [3.05, 3.63) is 17.5 Å². The summed E-state index contributed by atoms with van der Waals surface area (Å²) in [5.74, 6) is 0.592. The van der Waals surface area contributed by atoms with Crippen molar-refractivity contribution in [1.82, 2.24) is 10.5 Å². The molecule has 1 amide bonds. The fraction of sp³-hybridized carbons (Fsp3) is 0.600. The first-order valence-corrected chi connectivity index (χ1v) is 5.09. The molecule has 84 valence electrons. The van der Waals surface area contributed by atoms with Gasteiger partial charge in [0, 0.05) is 6.07 Å². The van der Waals surface area contributed by atoms with Crippen molar-refractivity contribution in [2.24, 2.45) is 5.73 Å². The highest BCUT2D eigenvalue weighted by molar-refractivity contribution is 5.81. The molecule has 1 aromatic heterocycles. The zero-order chi connectivity index (χ0) is 11.3. The lowest BCUT2D eigenvalue weighted by Crippen LogP contribution is -2.40. The number of carbonyl (C=O) groups excluding carboxylic acids is 1. The maximum atomic E-state index is 11.4. The molecule has 0 saturated heterocycles. The summed E-state index contributed by atoms with van der Waals surface area (Å²) in [6.45, 7) is 4.17. The molecular formula is C10H17N3O2. The molecule has 1 atom stereocenters. The molecule has 5 nitrogen and oxygen atoms in total. The molecule has 1 unspecified atom stereocenters. The predicted octanol–water partition coefficient (Wildman–Crippen LogP) is 0.727. The Morgan fingerprint density at radius 1 is 1.73 bits per heavy atom. The van der Waals surface area contributed by atoms with E-state index in [2.05, 4.69) is 10.5 Å². The first-order valence-electron chi connectivity index (χ1n) is 5.09. The van der Waals surface area contributed by atoms with Gasteiger partial charge >= 0.3 is 0 Å². The molecule has 1 aromatic rings. The van der Waals surface area contributed by atoms with Crippen LogP contribution >= 0.6 is 0 Å². The third kappa shape index (κ3) is 3.71. The van der Waals surface area contributed by atoms with Crippen LogP contribution in [-0.4, -0.2) is 17.1 Å². The van der Waals surface area contributed by atoms with E-state index < -0.39 is 6.04 Å².